The summed E-state index contributed by atoms with van der Waals surface area (Å²) >= 11 is 12.8. The monoisotopic (exact) mass is 372 g/mol. The summed E-state index contributed by atoms with van der Waals surface area (Å²) in [5, 5.41) is 8.68. The van der Waals surface area contributed by atoms with Gasteiger partial charge in [-0.3, -0.25) is 0 Å². The molecule has 0 spiro atoms. The first kappa shape index (κ1) is 15.7. The highest BCUT2D eigenvalue weighted by Gasteiger charge is 2.14. The van der Waals surface area contributed by atoms with Gasteiger partial charge in [-0.1, -0.05) is 89.9 Å². The first-order chi connectivity index (χ1) is 12.7. The molecule has 26 heavy (non-hydrogen) atoms. The molecule has 0 N–H and O–H groups in total. The summed E-state index contributed by atoms with van der Waals surface area (Å²) in [5.74, 6) is 0. The average molecular weight is 373 g/mol. The maximum absolute atomic E-state index is 6.70. The predicted molar refractivity (Wildman–Crippen MR) is 114 cm³/mol. The van der Waals surface area contributed by atoms with Gasteiger partial charge < -0.3 is 0 Å². The average Bonchev–Trinajstić information content (AvgIpc) is 2.69. The number of fused-ring (bicyclic) bond motifs is 6. The number of hydrogen-bond acceptors (Lipinski definition) is 0. The van der Waals surface area contributed by atoms with E-state index in [-0.39, 0.29) is 0 Å². The van der Waals surface area contributed by atoms with Crippen LogP contribution in [0.15, 0.2) is 84.9 Å². The van der Waals surface area contributed by atoms with Crippen molar-refractivity contribution in [2.24, 2.45) is 0 Å². The van der Waals surface area contributed by atoms with Crippen LogP contribution in [0.3, 0.4) is 0 Å². The minimum atomic E-state index is 0.738. The standard InChI is InChI=1S/C24H14Cl2/c25-16-11-9-15(10-12-16)17-13-14-22(26)24-21-8-4-2-6-19(21)18-5-1-3-7-20(18)23(17)24/h1-14H. The van der Waals surface area contributed by atoms with Crippen molar-refractivity contribution < 1.29 is 0 Å². The second kappa shape index (κ2) is 6.02. The van der Waals surface area contributed by atoms with Crippen LogP contribution in [0.5, 0.6) is 0 Å². The fourth-order valence-corrected chi connectivity index (χ4v) is 4.25. The molecule has 0 aliphatic carbocycles. The molecule has 0 atom stereocenters. The molecule has 0 saturated carbocycles. The molecule has 0 unspecified atom stereocenters. The molecule has 0 bridgehead atoms. The topological polar surface area (TPSA) is 0 Å². The first-order valence-corrected chi connectivity index (χ1v) is 9.27. The molecular formula is C24H14Cl2. The van der Waals surface area contributed by atoms with Gasteiger partial charge in [-0.2, -0.15) is 0 Å². The van der Waals surface area contributed by atoms with Crippen molar-refractivity contribution >= 4 is 55.5 Å². The third kappa shape index (κ3) is 2.30. The van der Waals surface area contributed by atoms with Gasteiger partial charge in [-0.05, 0) is 56.3 Å². The highest BCUT2D eigenvalue weighted by atomic mass is 35.5. The van der Waals surface area contributed by atoms with Gasteiger partial charge in [0.15, 0.2) is 0 Å². The van der Waals surface area contributed by atoms with Crippen molar-refractivity contribution in [2.75, 3.05) is 0 Å². The molecule has 0 nitrogen and oxygen atoms in total. The second-order valence-electron chi connectivity index (χ2n) is 6.44. The van der Waals surface area contributed by atoms with Crippen LogP contribution in [0.4, 0.5) is 0 Å². The summed E-state index contributed by atoms with van der Waals surface area (Å²) in [6.07, 6.45) is 0. The van der Waals surface area contributed by atoms with Gasteiger partial charge >= 0.3 is 0 Å². The van der Waals surface area contributed by atoms with E-state index in [2.05, 4.69) is 66.7 Å². The lowest BCUT2D eigenvalue weighted by Gasteiger charge is -2.15. The van der Waals surface area contributed by atoms with Crippen LogP contribution in [-0.2, 0) is 0 Å². The van der Waals surface area contributed by atoms with E-state index in [0.29, 0.717) is 0 Å². The number of hydrogen-bond donors (Lipinski definition) is 0. The van der Waals surface area contributed by atoms with Crippen LogP contribution in [0.25, 0.3) is 43.4 Å². The van der Waals surface area contributed by atoms with Crippen molar-refractivity contribution in [1.29, 1.82) is 0 Å². The highest BCUT2D eigenvalue weighted by molar-refractivity contribution is 6.41. The van der Waals surface area contributed by atoms with Gasteiger partial charge in [-0.25, -0.2) is 0 Å². The Hall–Kier alpha value is -2.54. The third-order valence-corrected chi connectivity index (χ3v) is 5.56. The zero-order valence-corrected chi connectivity index (χ0v) is 15.4. The smallest absolute Gasteiger partial charge is 0.0491 e. The van der Waals surface area contributed by atoms with Crippen LogP contribution in [-0.4, -0.2) is 0 Å². The Morgan fingerprint density at radius 3 is 1.62 bits per heavy atom. The SMILES string of the molecule is Clc1ccc(-c2ccc(Cl)c3c4ccccc4c4ccccc4c23)cc1. The first-order valence-electron chi connectivity index (χ1n) is 8.51. The largest absolute Gasteiger partial charge is 0.0843 e. The van der Waals surface area contributed by atoms with E-state index >= 15 is 0 Å². The van der Waals surface area contributed by atoms with E-state index in [1.165, 1.54) is 32.5 Å². The molecule has 0 amide bonds. The fourth-order valence-electron chi connectivity index (χ4n) is 3.86. The zero-order valence-electron chi connectivity index (χ0n) is 13.8. The molecule has 0 heterocycles. The second-order valence-corrected chi connectivity index (χ2v) is 7.29. The van der Waals surface area contributed by atoms with Crippen molar-refractivity contribution in [1.82, 2.24) is 0 Å². The maximum atomic E-state index is 6.70. The summed E-state index contributed by atoms with van der Waals surface area (Å²) < 4.78 is 0. The molecule has 0 aliphatic heterocycles. The van der Waals surface area contributed by atoms with Gasteiger partial charge in [0.05, 0.1) is 0 Å². The molecule has 0 aromatic heterocycles. The van der Waals surface area contributed by atoms with E-state index in [1.807, 2.05) is 18.2 Å². The summed E-state index contributed by atoms with van der Waals surface area (Å²) in [7, 11) is 0. The summed E-state index contributed by atoms with van der Waals surface area (Å²) in [6, 6.07) is 29.1. The number of benzene rings is 5. The molecule has 2 heteroatoms. The zero-order chi connectivity index (χ0) is 17.7. The van der Waals surface area contributed by atoms with Gasteiger partial charge in [0.1, 0.15) is 0 Å². The van der Waals surface area contributed by atoms with Gasteiger partial charge in [-0.15, -0.1) is 0 Å². The van der Waals surface area contributed by atoms with E-state index in [9.17, 15) is 0 Å². The van der Waals surface area contributed by atoms with Gasteiger partial charge in [0.2, 0.25) is 0 Å². The molecule has 0 radical (unpaired) electrons. The minimum absolute atomic E-state index is 0.738. The number of halogens is 2. The van der Waals surface area contributed by atoms with Crippen LogP contribution in [0.2, 0.25) is 10.0 Å². The lowest BCUT2D eigenvalue weighted by atomic mass is 9.89. The third-order valence-electron chi connectivity index (χ3n) is 4.99. The Morgan fingerprint density at radius 2 is 1.00 bits per heavy atom. The van der Waals surface area contributed by atoms with Crippen LogP contribution in [0, 0.1) is 0 Å². The lowest BCUT2D eigenvalue weighted by Crippen LogP contribution is -1.88. The van der Waals surface area contributed by atoms with Crippen LogP contribution in [0.1, 0.15) is 0 Å². The molecule has 5 aromatic rings. The van der Waals surface area contributed by atoms with Crippen molar-refractivity contribution in [3.05, 3.63) is 95.0 Å². The quantitative estimate of drug-likeness (QED) is 0.260. The minimum Gasteiger partial charge on any atom is -0.0843 e. The van der Waals surface area contributed by atoms with Gasteiger partial charge in [0.25, 0.3) is 0 Å². The maximum Gasteiger partial charge on any atom is 0.0491 e. The van der Waals surface area contributed by atoms with Crippen molar-refractivity contribution in [3.8, 4) is 11.1 Å². The Labute approximate surface area is 161 Å². The van der Waals surface area contributed by atoms with E-state index in [4.69, 9.17) is 23.2 Å². The van der Waals surface area contributed by atoms with Crippen molar-refractivity contribution in [2.45, 2.75) is 0 Å². The normalized spacial score (nSPS) is 11.5. The molecule has 124 valence electrons. The Bertz CT molecular complexity index is 1280. The fraction of sp³-hybridized carbons (Fsp3) is 0. The highest BCUT2D eigenvalue weighted by Crippen LogP contribution is 2.43. The summed E-state index contributed by atoms with van der Waals surface area (Å²) in [5.41, 5.74) is 2.31. The van der Waals surface area contributed by atoms with Crippen LogP contribution >= 0.6 is 23.2 Å². The Kier molecular flexibility index (Phi) is 3.63. The summed E-state index contributed by atoms with van der Waals surface area (Å²) in [6.45, 7) is 0. The van der Waals surface area contributed by atoms with E-state index < -0.39 is 0 Å². The summed E-state index contributed by atoms with van der Waals surface area (Å²) in [4.78, 5) is 0. The molecular weight excluding hydrogens is 359 g/mol. The molecule has 0 saturated heterocycles. The number of rotatable bonds is 1. The predicted octanol–water partition coefficient (Wildman–Crippen LogP) is 8.12. The van der Waals surface area contributed by atoms with Crippen LogP contribution < -0.4 is 0 Å². The Morgan fingerprint density at radius 1 is 0.462 bits per heavy atom. The lowest BCUT2D eigenvalue weighted by molar-refractivity contribution is 1.66. The molecule has 0 fully saturated rings. The Balaban J connectivity index is 2.07. The van der Waals surface area contributed by atoms with Gasteiger partial charge in [0, 0.05) is 15.4 Å². The van der Waals surface area contributed by atoms with E-state index in [0.717, 1.165) is 21.0 Å². The molecule has 5 aromatic carbocycles. The molecule has 0 aliphatic rings. The van der Waals surface area contributed by atoms with Crippen molar-refractivity contribution in [3.63, 3.8) is 0 Å². The van der Waals surface area contributed by atoms with E-state index in [1.54, 1.807) is 0 Å². The molecule has 5 rings (SSSR count).